The molecule has 0 aliphatic carbocycles. The van der Waals surface area contributed by atoms with E-state index in [1.54, 1.807) is 19.1 Å². The molecule has 3 rings (SSSR count). The molecule has 2 N–H and O–H groups in total. The number of hydrogen-bond donors (Lipinski definition) is 1. The number of nitrogens with zero attached hydrogens (tertiary/aromatic N) is 1. The Morgan fingerprint density at radius 3 is 2.70 bits per heavy atom. The van der Waals surface area contributed by atoms with Crippen molar-refractivity contribution in [3.8, 4) is 0 Å². The van der Waals surface area contributed by atoms with E-state index in [0.717, 1.165) is 23.4 Å². The van der Waals surface area contributed by atoms with Crippen LogP contribution in [-0.2, 0) is 6.42 Å². The fraction of sp³-hybridized carbons (Fsp3) is 0.250. The predicted octanol–water partition coefficient (Wildman–Crippen LogP) is 3.68. The van der Waals surface area contributed by atoms with Crippen molar-refractivity contribution in [1.82, 2.24) is 0 Å². The Morgan fingerprint density at radius 2 is 1.95 bits per heavy atom. The van der Waals surface area contributed by atoms with E-state index in [2.05, 4.69) is 0 Å². The van der Waals surface area contributed by atoms with Crippen LogP contribution >= 0.6 is 0 Å². The molecule has 0 saturated heterocycles. The van der Waals surface area contributed by atoms with Crippen molar-refractivity contribution in [2.45, 2.75) is 19.4 Å². The maximum absolute atomic E-state index is 14.0. The topological polar surface area (TPSA) is 29.3 Å². The second-order valence-corrected chi connectivity index (χ2v) is 5.14. The van der Waals surface area contributed by atoms with Gasteiger partial charge in [-0.2, -0.15) is 0 Å². The molecular weight excluding hydrogens is 258 g/mol. The molecule has 1 atom stereocenters. The van der Waals surface area contributed by atoms with E-state index in [0.29, 0.717) is 12.1 Å². The third-order valence-electron chi connectivity index (χ3n) is 3.72. The van der Waals surface area contributed by atoms with E-state index in [1.807, 2.05) is 11.0 Å². The zero-order valence-corrected chi connectivity index (χ0v) is 11.2. The van der Waals surface area contributed by atoms with E-state index in [-0.39, 0.29) is 11.6 Å². The Morgan fingerprint density at radius 1 is 1.15 bits per heavy atom. The number of halogens is 2. The van der Waals surface area contributed by atoms with Crippen LogP contribution < -0.4 is 10.6 Å². The highest BCUT2D eigenvalue weighted by molar-refractivity contribution is 5.72. The molecule has 0 amide bonds. The summed E-state index contributed by atoms with van der Waals surface area (Å²) >= 11 is 0. The lowest BCUT2D eigenvalue weighted by Gasteiger charge is -2.24. The molecule has 0 bridgehead atoms. The largest absolute Gasteiger partial charge is 0.340 e. The van der Waals surface area contributed by atoms with Gasteiger partial charge in [0.25, 0.3) is 0 Å². The molecule has 2 nitrogen and oxygen atoms in total. The van der Waals surface area contributed by atoms with Crippen LogP contribution in [0.4, 0.5) is 20.2 Å². The quantitative estimate of drug-likeness (QED) is 0.905. The first kappa shape index (κ1) is 13.1. The Kier molecular flexibility index (Phi) is 3.18. The van der Waals surface area contributed by atoms with Crippen molar-refractivity contribution in [1.29, 1.82) is 0 Å². The van der Waals surface area contributed by atoms with Gasteiger partial charge in [0, 0.05) is 29.5 Å². The summed E-state index contributed by atoms with van der Waals surface area (Å²) in [6.45, 7) is 2.46. The van der Waals surface area contributed by atoms with Crippen LogP contribution in [0.15, 0.2) is 36.4 Å². The molecule has 0 aromatic heterocycles. The lowest BCUT2D eigenvalue weighted by Crippen LogP contribution is -2.19. The van der Waals surface area contributed by atoms with Crippen LogP contribution in [-0.4, -0.2) is 6.54 Å². The van der Waals surface area contributed by atoms with Crippen LogP contribution in [0.1, 0.15) is 24.1 Å². The van der Waals surface area contributed by atoms with Crippen LogP contribution in [0.5, 0.6) is 0 Å². The number of benzene rings is 2. The molecular formula is C16H16F2N2. The Hall–Kier alpha value is -1.94. The third kappa shape index (κ3) is 2.06. The fourth-order valence-corrected chi connectivity index (χ4v) is 2.81. The van der Waals surface area contributed by atoms with Gasteiger partial charge in [-0.05, 0) is 43.2 Å². The third-order valence-corrected chi connectivity index (χ3v) is 3.72. The first-order valence-corrected chi connectivity index (χ1v) is 6.68. The second kappa shape index (κ2) is 4.87. The van der Waals surface area contributed by atoms with E-state index in [9.17, 15) is 8.78 Å². The van der Waals surface area contributed by atoms with Crippen LogP contribution in [0.3, 0.4) is 0 Å². The summed E-state index contributed by atoms with van der Waals surface area (Å²) < 4.78 is 27.5. The standard InChI is InChI=1S/C16H16F2N2/c1-10(19)16-13(18)3-2-4-14(16)20-8-7-11-5-6-12(17)9-15(11)20/h2-6,9-10H,7-8,19H2,1H3. The summed E-state index contributed by atoms with van der Waals surface area (Å²) in [5.74, 6) is -0.600. The highest BCUT2D eigenvalue weighted by Gasteiger charge is 2.25. The highest BCUT2D eigenvalue weighted by atomic mass is 19.1. The normalized spacial score (nSPS) is 15.3. The van der Waals surface area contributed by atoms with Gasteiger partial charge < -0.3 is 10.6 Å². The van der Waals surface area contributed by atoms with Crippen LogP contribution in [0.25, 0.3) is 0 Å². The minimum absolute atomic E-state index is 0.283. The van der Waals surface area contributed by atoms with E-state index < -0.39 is 6.04 Å². The summed E-state index contributed by atoms with van der Waals surface area (Å²) in [5, 5.41) is 0. The first-order chi connectivity index (χ1) is 9.58. The molecule has 0 spiro atoms. The molecule has 0 radical (unpaired) electrons. The predicted molar refractivity (Wildman–Crippen MR) is 76.1 cm³/mol. The zero-order valence-electron chi connectivity index (χ0n) is 11.2. The van der Waals surface area contributed by atoms with Gasteiger partial charge in [-0.25, -0.2) is 8.78 Å². The summed E-state index contributed by atoms with van der Waals surface area (Å²) in [5.41, 5.74) is 8.97. The molecule has 1 heterocycles. The molecule has 2 aromatic carbocycles. The molecule has 0 saturated carbocycles. The van der Waals surface area contributed by atoms with Crippen molar-refractivity contribution in [3.63, 3.8) is 0 Å². The van der Waals surface area contributed by atoms with E-state index in [4.69, 9.17) is 5.73 Å². The Balaban J connectivity index is 2.13. The summed E-state index contributed by atoms with van der Waals surface area (Å²) in [7, 11) is 0. The number of fused-ring (bicyclic) bond motifs is 1. The number of hydrogen-bond acceptors (Lipinski definition) is 2. The van der Waals surface area contributed by atoms with Crippen LogP contribution in [0, 0.1) is 11.6 Å². The minimum atomic E-state index is -0.413. The molecule has 1 aliphatic heterocycles. The van der Waals surface area contributed by atoms with Gasteiger partial charge in [-0.3, -0.25) is 0 Å². The molecule has 20 heavy (non-hydrogen) atoms. The Labute approximate surface area is 116 Å². The van der Waals surface area contributed by atoms with Gasteiger partial charge in [0.1, 0.15) is 11.6 Å². The van der Waals surface area contributed by atoms with Crippen molar-refractivity contribution < 1.29 is 8.78 Å². The average molecular weight is 274 g/mol. The highest BCUT2D eigenvalue weighted by Crippen LogP contribution is 2.38. The van der Waals surface area contributed by atoms with E-state index in [1.165, 1.54) is 18.2 Å². The molecule has 2 aromatic rings. The smallest absolute Gasteiger partial charge is 0.130 e. The fourth-order valence-electron chi connectivity index (χ4n) is 2.81. The monoisotopic (exact) mass is 274 g/mol. The molecule has 1 unspecified atom stereocenters. The van der Waals surface area contributed by atoms with Crippen molar-refractivity contribution in [2.24, 2.45) is 5.73 Å². The van der Waals surface area contributed by atoms with Gasteiger partial charge in [0.2, 0.25) is 0 Å². The maximum atomic E-state index is 14.0. The summed E-state index contributed by atoms with van der Waals surface area (Å²) in [4.78, 5) is 1.94. The minimum Gasteiger partial charge on any atom is -0.340 e. The number of rotatable bonds is 2. The Bertz CT molecular complexity index is 653. The van der Waals surface area contributed by atoms with Crippen molar-refractivity contribution in [3.05, 3.63) is 59.2 Å². The lowest BCUT2D eigenvalue weighted by molar-refractivity contribution is 0.593. The van der Waals surface area contributed by atoms with Crippen molar-refractivity contribution >= 4 is 11.4 Å². The van der Waals surface area contributed by atoms with Crippen LogP contribution in [0.2, 0.25) is 0 Å². The molecule has 1 aliphatic rings. The maximum Gasteiger partial charge on any atom is 0.130 e. The lowest BCUT2D eigenvalue weighted by atomic mass is 10.0. The van der Waals surface area contributed by atoms with Gasteiger partial charge in [0.15, 0.2) is 0 Å². The zero-order chi connectivity index (χ0) is 14.3. The second-order valence-electron chi connectivity index (χ2n) is 5.14. The van der Waals surface area contributed by atoms with E-state index >= 15 is 0 Å². The van der Waals surface area contributed by atoms with Gasteiger partial charge >= 0.3 is 0 Å². The molecule has 4 heteroatoms. The van der Waals surface area contributed by atoms with Gasteiger partial charge in [-0.1, -0.05) is 12.1 Å². The first-order valence-electron chi connectivity index (χ1n) is 6.68. The summed E-state index contributed by atoms with van der Waals surface area (Å²) in [6, 6.07) is 9.23. The number of nitrogens with two attached hydrogens (primary N) is 1. The van der Waals surface area contributed by atoms with Gasteiger partial charge in [-0.15, -0.1) is 0 Å². The van der Waals surface area contributed by atoms with Crippen molar-refractivity contribution in [2.75, 3.05) is 11.4 Å². The number of anilines is 2. The summed E-state index contributed by atoms with van der Waals surface area (Å²) in [6.07, 6.45) is 0.824. The average Bonchev–Trinajstić information content (AvgIpc) is 2.80. The van der Waals surface area contributed by atoms with Gasteiger partial charge in [0.05, 0.1) is 0 Å². The molecule has 0 fully saturated rings. The SMILES string of the molecule is CC(N)c1c(F)cccc1N1CCc2ccc(F)cc21. The molecule has 104 valence electrons.